The van der Waals surface area contributed by atoms with E-state index in [1.54, 1.807) is 0 Å². The van der Waals surface area contributed by atoms with E-state index in [-0.39, 0.29) is 17.6 Å². The third-order valence-corrected chi connectivity index (χ3v) is 8.86. The van der Waals surface area contributed by atoms with E-state index >= 15 is 0 Å². The minimum atomic E-state index is -0.0580. The highest BCUT2D eigenvalue weighted by Crippen LogP contribution is 2.23. The molecule has 1 fully saturated rings. The van der Waals surface area contributed by atoms with Crippen molar-refractivity contribution in [1.82, 2.24) is 9.88 Å². The maximum atomic E-state index is 12.9. The summed E-state index contributed by atoms with van der Waals surface area (Å²) >= 11 is 4.95. The number of rotatable bonds is 8. The highest BCUT2D eigenvalue weighted by atomic mass is 79.9. The maximum absolute atomic E-state index is 12.9. The van der Waals surface area contributed by atoms with Crippen LogP contribution in [0.3, 0.4) is 0 Å². The van der Waals surface area contributed by atoms with Gasteiger partial charge < -0.3 is 15.1 Å². The topological polar surface area (TPSA) is 72.3 Å². The number of fused-ring (bicyclic) bond motifs is 1. The fourth-order valence-electron chi connectivity index (χ4n) is 5.20. The molecule has 1 aliphatic rings. The summed E-state index contributed by atoms with van der Waals surface area (Å²) in [6.45, 7) is 3.58. The standard InChI is InChI=1S/C33H30BrN5O2S/c34-26-10-6-9-25(21-26)32(41)38-19-17-37(18-20-38)28-15-13-27(14-16-28)35-31(40)23-42-33-36-29-11-4-5-12-30(29)39(33)22-24-7-2-1-3-8-24/h1-16,21H,17-20,22-23H2,(H,35,40)/p+1. The lowest BCUT2D eigenvalue weighted by molar-refractivity contribution is -0.700. The molecular weight excluding hydrogens is 610 g/mol. The highest BCUT2D eigenvalue weighted by molar-refractivity contribution is 9.10. The number of benzene rings is 4. The number of aromatic amines is 1. The Kier molecular flexibility index (Phi) is 8.58. The van der Waals surface area contributed by atoms with Crippen molar-refractivity contribution in [2.75, 3.05) is 42.1 Å². The van der Waals surface area contributed by atoms with Gasteiger partial charge >= 0.3 is 5.16 Å². The summed E-state index contributed by atoms with van der Waals surface area (Å²) in [5, 5.41) is 3.98. The number of imidazole rings is 1. The first-order valence-corrected chi connectivity index (χ1v) is 15.7. The minimum Gasteiger partial charge on any atom is -0.368 e. The van der Waals surface area contributed by atoms with Crippen LogP contribution in [0.1, 0.15) is 15.9 Å². The van der Waals surface area contributed by atoms with Crippen LogP contribution in [0.2, 0.25) is 0 Å². The number of aromatic nitrogens is 2. The number of anilines is 2. The number of carbonyl (C=O) groups excluding carboxylic acids is 2. The molecule has 0 saturated carbocycles. The van der Waals surface area contributed by atoms with Crippen molar-refractivity contribution < 1.29 is 14.2 Å². The van der Waals surface area contributed by atoms with E-state index in [1.807, 2.05) is 83.8 Å². The number of hydrogen-bond donors (Lipinski definition) is 2. The van der Waals surface area contributed by atoms with E-state index in [0.29, 0.717) is 18.7 Å². The second-order valence-corrected chi connectivity index (χ2v) is 12.1. The molecule has 2 N–H and O–H groups in total. The Morgan fingerprint density at radius 1 is 0.857 bits per heavy atom. The van der Waals surface area contributed by atoms with Gasteiger partial charge in [-0.15, -0.1) is 0 Å². The average molecular weight is 642 g/mol. The third kappa shape index (κ3) is 6.53. The summed E-state index contributed by atoms with van der Waals surface area (Å²) in [5.74, 6) is 0.291. The number of hydrogen-bond acceptors (Lipinski definition) is 4. The number of nitrogens with one attached hydrogen (secondary N) is 2. The SMILES string of the molecule is O=C(CSc1[nH]c2ccccc2[n+]1Cc1ccccc1)Nc1ccc(N2CCN(C(=O)c3cccc(Br)c3)CC2)cc1. The molecule has 2 heterocycles. The van der Waals surface area contributed by atoms with Crippen molar-refractivity contribution in [3.63, 3.8) is 0 Å². The number of halogens is 1. The zero-order valence-corrected chi connectivity index (χ0v) is 25.4. The van der Waals surface area contributed by atoms with Gasteiger partial charge in [0.2, 0.25) is 5.91 Å². The van der Waals surface area contributed by atoms with E-state index in [9.17, 15) is 9.59 Å². The zero-order chi connectivity index (χ0) is 28.9. The monoisotopic (exact) mass is 640 g/mol. The van der Waals surface area contributed by atoms with Crippen molar-refractivity contribution in [3.05, 3.63) is 119 Å². The summed E-state index contributed by atoms with van der Waals surface area (Å²) in [6.07, 6.45) is 0. The molecule has 1 aliphatic heterocycles. The first-order valence-electron chi connectivity index (χ1n) is 13.9. The summed E-state index contributed by atoms with van der Waals surface area (Å²) in [7, 11) is 0. The number of amides is 2. The summed E-state index contributed by atoms with van der Waals surface area (Å²) in [5.41, 5.74) is 5.91. The van der Waals surface area contributed by atoms with E-state index in [4.69, 9.17) is 0 Å². The fourth-order valence-corrected chi connectivity index (χ4v) is 6.44. The van der Waals surface area contributed by atoms with Gasteiger partial charge in [-0.05, 0) is 71.9 Å². The molecule has 42 heavy (non-hydrogen) atoms. The molecule has 7 nitrogen and oxygen atoms in total. The highest BCUT2D eigenvalue weighted by Gasteiger charge is 2.23. The number of carbonyl (C=O) groups is 2. The molecule has 0 aliphatic carbocycles. The molecule has 5 aromatic rings. The molecule has 1 saturated heterocycles. The summed E-state index contributed by atoms with van der Waals surface area (Å²) < 4.78 is 3.13. The van der Waals surface area contributed by atoms with Gasteiger partial charge in [0.25, 0.3) is 5.91 Å². The van der Waals surface area contributed by atoms with Crippen LogP contribution in [-0.2, 0) is 11.3 Å². The van der Waals surface area contributed by atoms with Crippen molar-refractivity contribution in [1.29, 1.82) is 0 Å². The first-order chi connectivity index (χ1) is 20.5. The predicted octanol–water partition coefficient (Wildman–Crippen LogP) is 5.96. The van der Waals surface area contributed by atoms with Crippen molar-refractivity contribution >= 4 is 61.9 Å². The maximum Gasteiger partial charge on any atom is 0.317 e. The van der Waals surface area contributed by atoms with Gasteiger partial charge in [-0.3, -0.25) is 9.59 Å². The number of para-hydroxylation sites is 2. The van der Waals surface area contributed by atoms with Gasteiger partial charge in [-0.2, -0.15) is 0 Å². The van der Waals surface area contributed by atoms with E-state index in [1.165, 1.54) is 17.3 Å². The Hall–Kier alpha value is -4.08. The lowest BCUT2D eigenvalue weighted by Gasteiger charge is -2.36. The number of H-pyrrole nitrogens is 1. The van der Waals surface area contributed by atoms with Crippen LogP contribution in [0.5, 0.6) is 0 Å². The van der Waals surface area contributed by atoms with E-state index in [0.717, 1.165) is 51.7 Å². The molecule has 0 unspecified atom stereocenters. The molecule has 1 aromatic heterocycles. The van der Waals surface area contributed by atoms with Crippen molar-refractivity contribution in [2.24, 2.45) is 0 Å². The molecular formula is C33H31BrN5O2S+. The molecule has 9 heteroatoms. The van der Waals surface area contributed by atoms with Gasteiger partial charge in [0.1, 0.15) is 6.54 Å². The van der Waals surface area contributed by atoms with Crippen LogP contribution in [0.25, 0.3) is 11.0 Å². The number of thioether (sulfide) groups is 1. The Labute approximate surface area is 257 Å². The normalized spacial score (nSPS) is 13.4. The molecule has 0 atom stereocenters. The summed E-state index contributed by atoms with van der Waals surface area (Å²) in [6, 6.07) is 34.0. The molecule has 6 rings (SSSR count). The number of nitrogens with zero attached hydrogens (tertiary/aromatic N) is 3. The van der Waals surface area contributed by atoms with Gasteiger partial charge in [-0.25, -0.2) is 9.55 Å². The lowest BCUT2D eigenvalue weighted by atomic mass is 10.1. The molecule has 0 bridgehead atoms. The number of piperazine rings is 1. The fraction of sp³-hybridized carbons (Fsp3) is 0.182. The van der Waals surface area contributed by atoms with Gasteiger partial charge in [0, 0.05) is 47.6 Å². The second kappa shape index (κ2) is 12.8. The van der Waals surface area contributed by atoms with Gasteiger partial charge in [-0.1, -0.05) is 64.5 Å². The van der Waals surface area contributed by atoms with Crippen molar-refractivity contribution in [3.8, 4) is 0 Å². The largest absolute Gasteiger partial charge is 0.368 e. The summed E-state index contributed by atoms with van der Waals surface area (Å²) in [4.78, 5) is 33.4. The van der Waals surface area contributed by atoms with Gasteiger partial charge in [0.05, 0.1) is 5.75 Å². The zero-order valence-electron chi connectivity index (χ0n) is 23.0. The molecule has 0 radical (unpaired) electrons. The molecule has 212 valence electrons. The molecule has 4 aromatic carbocycles. The smallest absolute Gasteiger partial charge is 0.317 e. The Bertz CT molecular complexity index is 1700. The van der Waals surface area contributed by atoms with Crippen LogP contribution in [0.4, 0.5) is 11.4 Å². The van der Waals surface area contributed by atoms with Crippen LogP contribution in [0.15, 0.2) is 113 Å². The van der Waals surface area contributed by atoms with Crippen molar-refractivity contribution in [2.45, 2.75) is 11.7 Å². The molecule has 0 spiro atoms. The molecule has 2 amide bonds. The average Bonchev–Trinajstić information content (AvgIpc) is 3.37. The van der Waals surface area contributed by atoms with Crippen LogP contribution < -0.4 is 14.8 Å². The lowest BCUT2D eigenvalue weighted by Crippen LogP contribution is -2.48. The van der Waals surface area contributed by atoms with Crippen LogP contribution >= 0.6 is 27.7 Å². The second-order valence-electron chi connectivity index (χ2n) is 10.2. The van der Waals surface area contributed by atoms with Crippen LogP contribution in [-0.4, -0.2) is 53.6 Å². The minimum absolute atomic E-state index is 0.0580. The predicted molar refractivity (Wildman–Crippen MR) is 172 cm³/mol. The third-order valence-electron chi connectivity index (χ3n) is 7.36. The van der Waals surface area contributed by atoms with Crippen LogP contribution in [0, 0.1) is 0 Å². The van der Waals surface area contributed by atoms with Gasteiger partial charge in [0.15, 0.2) is 11.0 Å². The van der Waals surface area contributed by atoms with E-state index < -0.39 is 0 Å². The quantitative estimate of drug-likeness (QED) is 0.162. The Morgan fingerprint density at radius 3 is 2.36 bits per heavy atom. The Balaban J connectivity index is 1.03. The first kappa shape index (κ1) is 28.1. The van der Waals surface area contributed by atoms with E-state index in [2.05, 4.69) is 60.0 Å². The Morgan fingerprint density at radius 2 is 1.60 bits per heavy atom.